The lowest BCUT2D eigenvalue weighted by molar-refractivity contribution is 0.415. The van der Waals surface area contributed by atoms with E-state index in [4.69, 9.17) is 9.88 Å². The molecule has 0 radical (unpaired) electrons. The first-order chi connectivity index (χ1) is 11.9. The number of hydrogen-bond donors (Lipinski definition) is 2. The molecule has 0 fully saturated rings. The molecule has 0 aliphatic heterocycles. The first-order valence-electron chi connectivity index (χ1n) is 7.11. The number of nitrogens with zero attached hydrogens (tertiary/aromatic N) is 4. The number of benzene rings is 2. The van der Waals surface area contributed by atoms with Gasteiger partial charge in [0.25, 0.3) is 10.2 Å². The molecular weight excluding hydrogens is 344 g/mol. The van der Waals surface area contributed by atoms with Crippen LogP contribution in [0.1, 0.15) is 11.1 Å². The second kappa shape index (κ2) is 6.48. The van der Waals surface area contributed by atoms with Crippen LogP contribution in [0, 0.1) is 11.3 Å². The van der Waals surface area contributed by atoms with Crippen molar-refractivity contribution >= 4 is 21.2 Å². The molecule has 1 aromatic heterocycles. The molecular formula is C15H14N6O3S. The summed E-state index contributed by atoms with van der Waals surface area (Å²) in [7, 11) is -2.24. The van der Waals surface area contributed by atoms with Crippen LogP contribution in [0.15, 0.2) is 36.4 Å². The van der Waals surface area contributed by atoms with E-state index in [1.54, 1.807) is 48.2 Å². The lowest BCUT2D eigenvalue weighted by Crippen LogP contribution is -2.30. The standard InChI is InChI=1S/C15H14N6O3S/c1-24-12-3-5-15-13(7-12)19-20-21(15)14-4-2-10(6-11(14)8-16)9-18-25(17,22)23/h2-7,18H,9H2,1H3,(H2,17,22,23). The number of aromatic nitrogens is 3. The molecule has 0 unspecified atom stereocenters. The Morgan fingerprint density at radius 1 is 1.32 bits per heavy atom. The highest BCUT2D eigenvalue weighted by Crippen LogP contribution is 2.23. The van der Waals surface area contributed by atoms with Crippen molar-refractivity contribution in [2.75, 3.05) is 7.11 Å². The second-order valence-electron chi connectivity index (χ2n) is 5.19. The molecule has 0 amide bonds. The molecule has 2 aromatic carbocycles. The Morgan fingerprint density at radius 2 is 2.12 bits per heavy atom. The Morgan fingerprint density at radius 3 is 2.80 bits per heavy atom. The SMILES string of the molecule is COc1ccc2c(c1)nnn2-c1ccc(CNS(N)(=O)=O)cc1C#N. The minimum atomic E-state index is -3.80. The highest BCUT2D eigenvalue weighted by atomic mass is 32.2. The summed E-state index contributed by atoms with van der Waals surface area (Å²) in [6, 6.07) is 12.3. The van der Waals surface area contributed by atoms with E-state index in [1.165, 1.54) is 0 Å². The normalized spacial score (nSPS) is 11.4. The summed E-state index contributed by atoms with van der Waals surface area (Å²) in [4.78, 5) is 0. The highest BCUT2D eigenvalue weighted by Gasteiger charge is 2.12. The Labute approximate surface area is 143 Å². The molecule has 9 nitrogen and oxygen atoms in total. The molecule has 0 saturated heterocycles. The Kier molecular flexibility index (Phi) is 4.37. The van der Waals surface area contributed by atoms with E-state index in [1.807, 2.05) is 0 Å². The van der Waals surface area contributed by atoms with Crippen LogP contribution in [-0.2, 0) is 16.8 Å². The zero-order chi connectivity index (χ0) is 18.0. The Balaban J connectivity index is 2.01. The summed E-state index contributed by atoms with van der Waals surface area (Å²) in [5, 5.41) is 22.5. The van der Waals surface area contributed by atoms with Crippen LogP contribution in [0.4, 0.5) is 0 Å². The van der Waals surface area contributed by atoms with Gasteiger partial charge in [0.1, 0.15) is 17.3 Å². The minimum Gasteiger partial charge on any atom is -0.497 e. The van der Waals surface area contributed by atoms with E-state index in [0.717, 1.165) is 0 Å². The fraction of sp³-hybridized carbons (Fsp3) is 0.133. The van der Waals surface area contributed by atoms with Gasteiger partial charge in [0.15, 0.2) is 0 Å². The Hall–Kier alpha value is -3.00. The largest absolute Gasteiger partial charge is 0.497 e. The molecule has 3 aromatic rings. The maximum Gasteiger partial charge on any atom is 0.274 e. The van der Waals surface area contributed by atoms with Crippen molar-refractivity contribution in [1.82, 2.24) is 19.7 Å². The molecule has 0 aliphatic rings. The summed E-state index contributed by atoms with van der Waals surface area (Å²) in [6.07, 6.45) is 0. The minimum absolute atomic E-state index is 0.0108. The zero-order valence-electron chi connectivity index (χ0n) is 13.2. The van der Waals surface area contributed by atoms with Gasteiger partial charge in [-0.05, 0) is 29.8 Å². The van der Waals surface area contributed by atoms with Crippen LogP contribution >= 0.6 is 0 Å². The number of methoxy groups -OCH3 is 1. The monoisotopic (exact) mass is 358 g/mol. The van der Waals surface area contributed by atoms with Crippen molar-refractivity contribution < 1.29 is 13.2 Å². The first-order valence-corrected chi connectivity index (χ1v) is 8.66. The number of fused-ring (bicyclic) bond motifs is 1. The molecule has 3 rings (SSSR count). The van der Waals surface area contributed by atoms with Gasteiger partial charge >= 0.3 is 0 Å². The van der Waals surface area contributed by atoms with E-state index in [9.17, 15) is 13.7 Å². The summed E-state index contributed by atoms with van der Waals surface area (Å²) < 4.78 is 30.8. The molecule has 0 aliphatic carbocycles. The van der Waals surface area contributed by atoms with Gasteiger partial charge in [0.05, 0.1) is 23.9 Å². The van der Waals surface area contributed by atoms with Gasteiger partial charge in [0, 0.05) is 12.6 Å². The summed E-state index contributed by atoms with van der Waals surface area (Å²) in [5.74, 6) is 0.657. The van der Waals surface area contributed by atoms with Crippen molar-refractivity contribution in [1.29, 1.82) is 5.26 Å². The van der Waals surface area contributed by atoms with E-state index in [0.29, 0.717) is 33.6 Å². The lowest BCUT2D eigenvalue weighted by atomic mass is 10.1. The summed E-state index contributed by atoms with van der Waals surface area (Å²) in [5.41, 5.74) is 2.81. The number of rotatable bonds is 5. The van der Waals surface area contributed by atoms with Gasteiger partial charge in [-0.1, -0.05) is 11.3 Å². The van der Waals surface area contributed by atoms with E-state index < -0.39 is 10.2 Å². The molecule has 0 saturated carbocycles. The number of ether oxygens (including phenoxy) is 1. The predicted molar refractivity (Wildman–Crippen MR) is 90.1 cm³/mol. The lowest BCUT2D eigenvalue weighted by Gasteiger charge is -2.08. The summed E-state index contributed by atoms with van der Waals surface area (Å²) in [6.45, 7) is -0.0108. The fourth-order valence-electron chi connectivity index (χ4n) is 2.36. The third-order valence-corrected chi connectivity index (χ3v) is 4.09. The average Bonchev–Trinajstić information content (AvgIpc) is 3.01. The van der Waals surface area contributed by atoms with Gasteiger partial charge < -0.3 is 4.74 Å². The third-order valence-electron chi connectivity index (χ3n) is 3.54. The van der Waals surface area contributed by atoms with Crippen molar-refractivity contribution in [3.8, 4) is 17.5 Å². The van der Waals surface area contributed by atoms with Gasteiger partial charge in [-0.15, -0.1) is 5.10 Å². The molecule has 10 heteroatoms. The van der Waals surface area contributed by atoms with Crippen LogP contribution in [0.25, 0.3) is 16.7 Å². The molecule has 1 heterocycles. The zero-order valence-corrected chi connectivity index (χ0v) is 14.0. The Bertz CT molecular complexity index is 1080. The molecule has 25 heavy (non-hydrogen) atoms. The quantitative estimate of drug-likeness (QED) is 0.685. The highest BCUT2D eigenvalue weighted by molar-refractivity contribution is 7.87. The molecule has 0 bridgehead atoms. The molecule has 0 atom stereocenters. The van der Waals surface area contributed by atoms with Crippen molar-refractivity contribution in [3.63, 3.8) is 0 Å². The maximum absolute atomic E-state index is 11.0. The second-order valence-corrected chi connectivity index (χ2v) is 6.56. The molecule has 0 spiro atoms. The van der Waals surface area contributed by atoms with Gasteiger partial charge in [-0.25, -0.2) is 9.82 Å². The predicted octanol–water partition coefficient (Wildman–Crippen LogP) is 0.594. The van der Waals surface area contributed by atoms with Gasteiger partial charge in [0.2, 0.25) is 0 Å². The summed E-state index contributed by atoms with van der Waals surface area (Å²) >= 11 is 0. The van der Waals surface area contributed by atoms with Crippen LogP contribution in [0.5, 0.6) is 5.75 Å². The van der Waals surface area contributed by atoms with Gasteiger partial charge in [-0.2, -0.15) is 18.4 Å². The van der Waals surface area contributed by atoms with Crippen LogP contribution in [0.2, 0.25) is 0 Å². The first kappa shape index (κ1) is 16.8. The van der Waals surface area contributed by atoms with Crippen molar-refractivity contribution in [2.45, 2.75) is 6.54 Å². The number of hydrogen-bond acceptors (Lipinski definition) is 6. The van der Waals surface area contributed by atoms with Crippen LogP contribution < -0.4 is 14.6 Å². The average molecular weight is 358 g/mol. The van der Waals surface area contributed by atoms with E-state index >= 15 is 0 Å². The fourth-order valence-corrected chi connectivity index (χ4v) is 2.73. The number of nitrogens with one attached hydrogen (secondary N) is 1. The van der Waals surface area contributed by atoms with E-state index in [2.05, 4.69) is 21.1 Å². The number of nitriles is 1. The topological polar surface area (TPSA) is 136 Å². The van der Waals surface area contributed by atoms with E-state index in [-0.39, 0.29) is 6.54 Å². The number of nitrogens with two attached hydrogens (primary N) is 1. The van der Waals surface area contributed by atoms with Crippen molar-refractivity contribution in [2.24, 2.45) is 5.14 Å². The molecule has 3 N–H and O–H groups in total. The van der Waals surface area contributed by atoms with Crippen molar-refractivity contribution in [3.05, 3.63) is 47.5 Å². The van der Waals surface area contributed by atoms with Gasteiger partial charge in [-0.3, -0.25) is 0 Å². The van der Waals surface area contributed by atoms with Crippen LogP contribution in [-0.4, -0.2) is 30.5 Å². The smallest absolute Gasteiger partial charge is 0.274 e. The molecule has 128 valence electrons. The van der Waals surface area contributed by atoms with Crippen LogP contribution in [0.3, 0.4) is 0 Å². The third kappa shape index (κ3) is 3.58. The maximum atomic E-state index is 11.0.